The first-order valence-electron chi connectivity index (χ1n) is 5.38. The maximum Gasteiger partial charge on any atom is 0.0543 e. The third kappa shape index (κ3) is 6.94. The molecule has 0 bridgehead atoms. The van der Waals surface area contributed by atoms with Gasteiger partial charge in [-0.1, -0.05) is 0 Å². The van der Waals surface area contributed by atoms with Crippen molar-refractivity contribution in [3.63, 3.8) is 0 Å². The number of methoxy groups -OCH3 is 1. The second kappa shape index (κ2) is 9.05. The lowest BCUT2D eigenvalue weighted by Gasteiger charge is -2.17. The van der Waals surface area contributed by atoms with E-state index in [2.05, 4.69) is 18.2 Å². The molecule has 0 rings (SSSR count). The zero-order valence-electron chi connectivity index (χ0n) is 9.68. The number of hydrogen-bond acceptors (Lipinski definition) is 2. The van der Waals surface area contributed by atoms with Gasteiger partial charge in [-0.25, -0.2) is 0 Å². The van der Waals surface area contributed by atoms with Crippen molar-refractivity contribution >= 4 is 0 Å². The highest BCUT2D eigenvalue weighted by molar-refractivity contribution is 4.83. The van der Waals surface area contributed by atoms with E-state index in [-0.39, 0.29) is 0 Å². The first-order valence-corrected chi connectivity index (χ1v) is 5.38. The van der Waals surface area contributed by atoms with Gasteiger partial charge in [0.1, 0.15) is 0 Å². The average Bonchev–Trinajstić information content (AvgIpc) is 2.22. The van der Waals surface area contributed by atoms with Crippen molar-refractivity contribution in [2.45, 2.75) is 51.2 Å². The summed E-state index contributed by atoms with van der Waals surface area (Å²) in [5.41, 5.74) is 0. The van der Waals surface area contributed by atoms with E-state index < -0.39 is 0 Å². The van der Waals surface area contributed by atoms with Gasteiger partial charge in [-0.15, -0.1) is 12.3 Å². The molecule has 2 heteroatoms. The maximum absolute atomic E-state index is 5.21. The van der Waals surface area contributed by atoms with Gasteiger partial charge in [0.25, 0.3) is 0 Å². The lowest BCUT2D eigenvalue weighted by Crippen LogP contribution is -2.26. The Morgan fingerprint density at radius 1 is 1.36 bits per heavy atom. The fourth-order valence-corrected chi connectivity index (χ4v) is 1.44. The molecular weight excluding hydrogens is 174 g/mol. The monoisotopic (exact) mass is 197 g/mol. The SMILES string of the molecule is C#CCCCC(CCC(C)OC)NC. The van der Waals surface area contributed by atoms with Crippen LogP contribution in [0.3, 0.4) is 0 Å². The molecule has 1 N–H and O–H groups in total. The number of rotatable bonds is 8. The number of nitrogens with one attached hydrogen (secondary N) is 1. The first kappa shape index (κ1) is 13.5. The molecule has 0 aromatic heterocycles. The minimum atomic E-state index is 0.360. The van der Waals surface area contributed by atoms with Crippen LogP contribution < -0.4 is 5.32 Å². The lowest BCUT2D eigenvalue weighted by atomic mass is 10.0. The van der Waals surface area contributed by atoms with Crippen molar-refractivity contribution in [1.29, 1.82) is 0 Å². The van der Waals surface area contributed by atoms with E-state index in [1.165, 1.54) is 0 Å². The molecule has 0 saturated heterocycles. The third-order valence-electron chi connectivity index (χ3n) is 2.61. The van der Waals surface area contributed by atoms with Crippen LogP contribution in [0.2, 0.25) is 0 Å². The fourth-order valence-electron chi connectivity index (χ4n) is 1.44. The summed E-state index contributed by atoms with van der Waals surface area (Å²) in [6, 6.07) is 0.584. The van der Waals surface area contributed by atoms with Crippen molar-refractivity contribution in [1.82, 2.24) is 5.32 Å². The lowest BCUT2D eigenvalue weighted by molar-refractivity contribution is 0.106. The van der Waals surface area contributed by atoms with E-state index in [0.29, 0.717) is 12.1 Å². The number of hydrogen-bond donors (Lipinski definition) is 1. The van der Waals surface area contributed by atoms with Crippen LogP contribution in [-0.4, -0.2) is 26.3 Å². The van der Waals surface area contributed by atoms with Gasteiger partial charge in [0.2, 0.25) is 0 Å². The van der Waals surface area contributed by atoms with Crippen LogP contribution in [0.1, 0.15) is 39.0 Å². The topological polar surface area (TPSA) is 21.3 Å². The van der Waals surface area contributed by atoms with Crippen LogP contribution >= 0.6 is 0 Å². The van der Waals surface area contributed by atoms with E-state index in [1.807, 2.05) is 7.05 Å². The molecule has 0 aromatic carbocycles. The minimum Gasteiger partial charge on any atom is -0.382 e. The number of ether oxygens (including phenoxy) is 1. The summed E-state index contributed by atoms with van der Waals surface area (Å²) in [6.07, 6.45) is 11.0. The summed E-state index contributed by atoms with van der Waals surface area (Å²) in [5.74, 6) is 2.67. The summed E-state index contributed by atoms with van der Waals surface area (Å²) in [6.45, 7) is 2.11. The first-order chi connectivity index (χ1) is 6.74. The molecule has 2 atom stereocenters. The quantitative estimate of drug-likeness (QED) is 0.476. The highest BCUT2D eigenvalue weighted by Gasteiger charge is 2.07. The Morgan fingerprint density at radius 3 is 2.57 bits per heavy atom. The Morgan fingerprint density at radius 2 is 2.07 bits per heavy atom. The van der Waals surface area contributed by atoms with Gasteiger partial charge in [-0.3, -0.25) is 0 Å². The molecular formula is C12H23NO. The second-order valence-corrected chi connectivity index (χ2v) is 3.71. The molecule has 0 amide bonds. The maximum atomic E-state index is 5.21. The van der Waals surface area contributed by atoms with Gasteiger partial charge in [-0.2, -0.15) is 0 Å². The molecule has 2 unspecified atom stereocenters. The number of terminal acetylenes is 1. The molecule has 14 heavy (non-hydrogen) atoms. The summed E-state index contributed by atoms with van der Waals surface area (Å²) >= 11 is 0. The van der Waals surface area contributed by atoms with E-state index in [9.17, 15) is 0 Å². The Hall–Kier alpha value is -0.520. The molecule has 2 nitrogen and oxygen atoms in total. The predicted octanol–water partition coefficient (Wildman–Crippen LogP) is 2.19. The standard InChI is InChI=1S/C12H23NO/c1-5-6-7-8-12(13-3)10-9-11(2)14-4/h1,11-13H,6-10H2,2-4H3. The van der Waals surface area contributed by atoms with E-state index >= 15 is 0 Å². The zero-order valence-corrected chi connectivity index (χ0v) is 9.68. The summed E-state index contributed by atoms with van der Waals surface area (Å²) in [5, 5.41) is 3.32. The molecule has 0 aliphatic rings. The Kier molecular flexibility index (Phi) is 8.72. The highest BCUT2D eigenvalue weighted by Crippen LogP contribution is 2.09. The van der Waals surface area contributed by atoms with E-state index in [0.717, 1.165) is 32.1 Å². The van der Waals surface area contributed by atoms with Gasteiger partial charge >= 0.3 is 0 Å². The summed E-state index contributed by atoms with van der Waals surface area (Å²) < 4.78 is 5.21. The van der Waals surface area contributed by atoms with Crippen LogP contribution in [0.25, 0.3) is 0 Å². The molecule has 0 radical (unpaired) electrons. The van der Waals surface area contributed by atoms with Gasteiger partial charge in [0, 0.05) is 19.6 Å². The molecule has 82 valence electrons. The van der Waals surface area contributed by atoms with Crippen LogP contribution in [0.15, 0.2) is 0 Å². The molecule has 0 aromatic rings. The van der Waals surface area contributed by atoms with E-state index in [1.54, 1.807) is 7.11 Å². The largest absolute Gasteiger partial charge is 0.382 e. The average molecular weight is 197 g/mol. The van der Waals surface area contributed by atoms with Crippen LogP contribution in [-0.2, 0) is 4.74 Å². The fraction of sp³-hybridized carbons (Fsp3) is 0.833. The summed E-state index contributed by atoms with van der Waals surface area (Å²) in [4.78, 5) is 0. The molecule has 0 spiro atoms. The Bertz CT molecular complexity index is 162. The molecule has 0 aliphatic heterocycles. The minimum absolute atomic E-state index is 0.360. The third-order valence-corrected chi connectivity index (χ3v) is 2.61. The van der Waals surface area contributed by atoms with Crippen molar-refractivity contribution < 1.29 is 4.74 Å². The van der Waals surface area contributed by atoms with E-state index in [4.69, 9.17) is 11.2 Å². The number of unbranched alkanes of at least 4 members (excludes halogenated alkanes) is 1. The second-order valence-electron chi connectivity index (χ2n) is 3.71. The molecule has 0 fully saturated rings. The molecule has 0 heterocycles. The van der Waals surface area contributed by atoms with Gasteiger partial charge in [0.05, 0.1) is 6.10 Å². The van der Waals surface area contributed by atoms with Crippen LogP contribution in [0, 0.1) is 12.3 Å². The van der Waals surface area contributed by atoms with Gasteiger partial charge in [-0.05, 0) is 39.7 Å². The Balaban J connectivity index is 3.53. The smallest absolute Gasteiger partial charge is 0.0543 e. The molecule has 0 saturated carbocycles. The van der Waals surface area contributed by atoms with Gasteiger partial charge in [0.15, 0.2) is 0 Å². The zero-order chi connectivity index (χ0) is 10.8. The van der Waals surface area contributed by atoms with Crippen LogP contribution in [0.5, 0.6) is 0 Å². The normalized spacial score (nSPS) is 14.7. The van der Waals surface area contributed by atoms with Gasteiger partial charge < -0.3 is 10.1 Å². The highest BCUT2D eigenvalue weighted by atomic mass is 16.5. The summed E-state index contributed by atoms with van der Waals surface area (Å²) in [7, 11) is 3.77. The Labute approximate surface area is 88.4 Å². The van der Waals surface area contributed by atoms with Crippen molar-refractivity contribution in [2.24, 2.45) is 0 Å². The van der Waals surface area contributed by atoms with Crippen molar-refractivity contribution in [3.8, 4) is 12.3 Å². The van der Waals surface area contributed by atoms with Crippen molar-refractivity contribution in [3.05, 3.63) is 0 Å². The predicted molar refractivity (Wildman–Crippen MR) is 61.2 cm³/mol. The van der Waals surface area contributed by atoms with Crippen molar-refractivity contribution in [2.75, 3.05) is 14.2 Å². The molecule has 0 aliphatic carbocycles. The van der Waals surface area contributed by atoms with Crippen LogP contribution in [0.4, 0.5) is 0 Å².